The van der Waals surface area contributed by atoms with Crippen LogP contribution in [0.5, 0.6) is 5.75 Å². The van der Waals surface area contributed by atoms with Crippen LogP contribution in [0.2, 0.25) is 0 Å². The van der Waals surface area contributed by atoms with Gasteiger partial charge in [0, 0.05) is 101 Å². The van der Waals surface area contributed by atoms with Crippen LogP contribution in [-0.4, -0.2) is 234 Å². The number of benzene rings is 2. The van der Waals surface area contributed by atoms with Crippen molar-refractivity contribution >= 4 is 100.0 Å². The second-order valence-corrected chi connectivity index (χ2v) is 32.4. The molecule has 598 valence electrons. The van der Waals surface area contributed by atoms with E-state index in [-0.39, 0.29) is 110 Å². The maximum atomic E-state index is 16.0. The van der Waals surface area contributed by atoms with E-state index in [0.29, 0.717) is 35.5 Å². The predicted octanol–water partition coefficient (Wildman–Crippen LogP) is 6.44. The second-order valence-electron chi connectivity index (χ2n) is 29.9. The lowest BCUT2D eigenvalue weighted by atomic mass is 9.90. The van der Waals surface area contributed by atoms with Crippen molar-refractivity contribution in [2.45, 2.75) is 191 Å². The molecule has 30 heteroatoms. The topological polar surface area (TPSA) is 367 Å². The van der Waals surface area contributed by atoms with E-state index in [1.54, 1.807) is 74.2 Å². The zero-order chi connectivity index (χ0) is 80.4. The molecule has 7 heterocycles. The number of cyclic esters (lactones) is 2. The number of carbonyl (C=O) groups is 12. The zero-order valence-corrected chi connectivity index (χ0v) is 66.4. The summed E-state index contributed by atoms with van der Waals surface area (Å²) in [4.78, 5) is 191. The molecule has 0 saturated carbocycles. The number of ether oxygens (including phenoxy) is 2. The molecule has 0 radical (unpaired) electrons. The number of ketones is 2. The number of nitrogens with zero attached hydrogens (tertiary/aromatic N) is 7. The van der Waals surface area contributed by atoms with E-state index in [9.17, 15) is 48.6 Å². The first-order valence-electron chi connectivity index (χ1n) is 38.1. The quantitative estimate of drug-likeness (QED) is 0.0461. The van der Waals surface area contributed by atoms with Gasteiger partial charge in [-0.05, 0) is 118 Å². The van der Waals surface area contributed by atoms with Crippen molar-refractivity contribution < 1.29 is 81.6 Å². The Morgan fingerprint density at radius 3 is 2.26 bits per heavy atom. The fourth-order valence-electron chi connectivity index (χ4n) is 14.5. The minimum absolute atomic E-state index is 0.0135. The first-order valence-corrected chi connectivity index (χ1v) is 40.3. The fourth-order valence-corrected chi connectivity index (χ4v) is 17.1. The number of oxazole rings is 1. The zero-order valence-electron chi connectivity index (χ0n) is 64.8. The number of pyridine rings is 1. The number of aliphatic hydroxyl groups excluding tert-OH is 1. The van der Waals surface area contributed by atoms with E-state index >= 15 is 19.2 Å². The van der Waals surface area contributed by atoms with Crippen molar-refractivity contribution in [3.63, 3.8) is 0 Å². The van der Waals surface area contributed by atoms with Gasteiger partial charge in [-0.25, -0.2) is 19.6 Å². The second kappa shape index (κ2) is 39.5. The molecular formula is C81H105N11O17S2. The molecule has 111 heavy (non-hydrogen) atoms. The predicted molar refractivity (Wildman–Crippen MR) is 418 cm³/mol. The van der Waals surface area contributed by atoms with E-state index in [0.717, 1.165) is 31.4 Å². The number of anilines is 1. The number of aromatic hydroxyl groups is 1. The Hall–Kier alpha value is -9.68. The lowest BCUT2D eigenvalue weighted by Gasteiger charge is -2.42. The number of hydrogen-bond donors (Lipinski definition) is 6. The van der Waals surface area contributed by atoms with Gasteiger partial charge in [0.15, 0.2) is 17.4 Å². The number of esters is 2. The van der Waals surface area contributed by atoms with Crippen molar-refractivity contribution in [2.75, 3.05) is 69.5 Å². The monoisotopic (exact) mass is 1570 g/mol. The van der Waals surface area contributed by atoms with Gasteiger partial charge in [0.1, 0.15) is 71.5 Å². The molecule has 5 aliphatic rings. The lowest BCUT2D eigenvalue weighted by Crippen LogP contribution is -2.65. The van der Waals surface area contributed by atoms with Crippen LogP contribution in [0, 0.1) is 17.8 Å². The highest BCUT2D eigenvalue weighted by atomic mass is 32.2. The number of rotatable bonds is 18. The SMILES string of the molecule is CCC1(C)NC(=O)[C@@H](NC(=O)c2ncccc2O)[C@@H](C)OC(=O)[C@H](c2ccccc2)NC(=O)[C@@H]2CC(=O)C(CSCCCCCCSC3CCN4C(=O)c5coc(n5)CC(=O)C[C@H](O)C=C(C)C=CCNC(=O)C=C[C@@H](C)[C@@H](C(C)C)OC(=O)C34)CN2C(=O)[C@H](Cc2ccc(N(C)C)cc2)N(C)C(=O)[C@@H]2CCCN2C1=O. The molecule has 4 saturated heterocycles. The highest BCUT2D eigenvalue weighted by Crippen LogP contribution is 2.35. The Balaban J connectivity index is 0.919. The molecule has 8 amide bonds. The van der Waals surface area contributed by atoms with E-state index in [1.165, 1.54) is 89.0 Å². The summed E-state index contributed by atoms with van der Waals surface area (Å²) in [5.74, 6) is -8.51. The Bertz CT molecular complexity index is 4110. The highest BCUT2D eigenvalue weighted by Gasteiger charge is 2.51. The summed E-state index contributed by atoms with van der Waals surface area (Å²) in [7, 11) is 5.24. The third kappa shape index (κ3) is 22.1. The standard InChI is InChI=1S/C81H105N11O17S2/c1-11-81(7)80(106)90-36-21-25-59(90)76(102)89(10)61(41-52-28-30-55(31-29-52)88(8)9)77(103)92-45-54(63(96)44-60(92)72(98)86-68(53-23-15-14-16-24-53)78(104)108-51(6)67(74(100)87-81)85-73(99)69-62(95)26-20-35-83-69)47-110-38-17-12-13-18-39-111-64-33-37-91-70(64)79(105)109-71(48(2)3)50(5)27-32-65(97)82-34-19-22-49(4)40-56(93)42-57(94)43-66-84-58(46-107-66)75(91)101/h14-16,19-20,22-24,26-32,35,40,46,48,50-51,54,56,59-61,64,67-68,70-71,93,95H,11-13,17-18,21,25,33-34,36-39,41-45,47H2,1-10H3,(H,82,97)(H,85,99)(H,86,98)(H,87,100)/t50-,51-,54?,56-,59+,60+,61+,64?,67+,68+,70?,71-,81?/m1/s1. The molecule has 4 aromatic rings. The minimum atomic E-state index is -1.77. The third-order valence-corrected chi connectivity index (χ3v) is 23.7. The summed E-state index contributed by atoms with van der Waals surface area (Å²) >= 11 is 3.08. The Labute approximate surface area is 656 Å². The Kier molecular flexibility index (Phi) is 30.3. The number of thioether (sulfide) groups is 2. The van der Waals surface area contributed by atoms with Gasteiger partial charge in [-0.2, -0.15) is 23.5 Å². The number of amides is 8. The van der Waals surface area contributed by atoms with Gasteiger partial charge < -0.3 is 69.9 Å². The van der Waals surface area contributed by atoms with Crippen molar-refractivity contribution in [1.29, 1.82) is 0 Å². The smallest absolute Gasteiger partial charge is 0.333 e. The average molecular weight is 1570 g/mol. The number of hydrogen-bond acceptors (Lipinski definition) is 22. The van der Waals surface area contributed by atoms with Crippen LogP contribution in [0.15, 0.2) is 120 Å². The van der Waals surface area contributed by atoms with Crippen LogP contribution < -0.4 is 26.2 Å². The number of aliphatic hydroxyl groups is 1. The van der Waals surface area contributed by atoms with Crippen LogP contribution in [0.3, 0.4) is 0 Å². The molecule has 6 N–H and O–H groups in total. The van der Waals surface area contributed by atoms with Gasteiger partial charge in [0.2, 0.25) is 41.3 Å². The first-order chi connectivity index (χ1) is 53.0. The number of nitrogens with one attached hydrogen (secondary N) is 4. The molecule has 4 fully saturated rings. The van der Waals surface area contributed by atoms with Gasteiger partial charge in [-0.15, -0.1) is 0 Å². The maximum Gasteiger partial charge on any atom is 0.333 e. The van der Waals surface area contributed by atoms with Crippen molar-refractivity contribution in [3.05, 3.63) is 144 Å². The summed E-state index contributed by atoms with van der Waals surface area (Å²) in [5.41, 5.74) is 0.120. The molecule has 4 unspecified atom stereocenters. The number of fused-ring (bicyclic) bond motifs is 5. The molecule has 28 nitrogen and oxygen atoms in total. The first kappa shape index (κ1) is 85.3. The molecule has 0 spiro atoms. The van der Waals surface area contributed by atoms with Gasteiger partial charge in [0.05, 0.1) is 12.5 Å². The van der Waals surface area contributed by atoms with Gasteiger partial charge >= 0.3 is 11.9 Å². The molecular weight excluding hydrogens is 1460 g/mol. The summed E-state index contributed by atoms with van der Waals surface area (Å²) < 4.78 is 18.0. The van der Waals surface area contributed by atoms with Crippen molar-refractivity contribution in [2.24, 2.45) is 17.8 Å². The molecule has 0 aliphatic carbocycles. The molecule has 9 rings (SSSR count). The Morgan fingerprint density at radius 2 is 1.56 bits per heavy atom. The van der Waals surface area contributed by atoms with E-state index in [2.05, 4.69) is 31.2 Å². The highest BCUT2D eigenvalue weighted by molar-refractivity contribution is 8.00. The van der Waals surface area contributed by atoms with Crippen LogP contribution >= 0.6 is 23.5 Å². The third-order valence-electron chi connectivity index (χ3n) is 21.0. The number of likely N-dealkylation sites (N-methyl/N-ethyl adjacent to an activating group) is 1. The van der Waals surface area contributed by atoms with E-state index in [4.69, 9.17) is 13.9 Å². The van der Waals surface area contributed by atoms with Crippen LogP contribution in [0.25, 0.3) is 0 Å². The van der Waals surface area contributed by atoms with Crippen molar-refractivity contribution in [1.82, 2.24) is 50.8 Å². The van der Waals surface area contributed by atoms with Crippen LogP contribution in [-0.2, 0) is 70.3 Å². The largest absolute Gasteiger partial charge is 0.505 e. The van der Waals surface area contributed by atoms with E-state index in [1.807, 2.05) is 64.0 Å². The number of Topliss-reactive ketones (excluding diaryl/α,β-unsaturated/α-hetero) is 2. The number of unbranched alkanes of at least 4 members (excludes halogenated alkanes) is 3. The number of carbonyl (C=O) groups excluding carboxylic acids is 12. The fraction of sp³-hybridized carbons (Fsp3) is 0.531. The summed E-state index contributed by atoms with van der Waals surface area (Å²) in [6.07, 6.45) is 10.2. The maximum absolute atomic E-state index is 16.0. The van der Waals surface area contributed by atoms with Gasteiger partial charge in [-0.3, -0.25) is 47.9 Å². The van der Waals surface area contributed by atoms with Gasteiger partial charge in [-0.1, -0.05) is 113 Å². The molecule has 5 aliphatic heterocycles. The molecule has 13 atom stereocenters. The summed E-state index contributed by atoms with van der Waals surface area (Å²) in [5, 5.41) is 31.8. The normalized spacial score (nSPS) is 26.8. The van der Waals surface area contributed by atoms with Crippen LogP contribution in [0.1, 0.15) is 157 Å². The summed E-state index contributed by atoms with van der Waals surface area (Å²) in [6.45, 7) is 12.1. The Morgan fingerprint density at radius 1 is 0.829 bits per heavy atom. The van der Waals surface area contributed by atoms with Crippen molar-refractivity contribution in [3.8, 4) is 5.75 Å². The molecule has 2 aromatic heterocycles. The minimum Gasteiger partial charge on any atom is -0.505 e. The number of allylic oxidation sites excluding steroid dienone is 2. The molecule has 2 aromatic carbocycles. The van der Waals surface area contributed by atoms with Gasteiger partial charge in [0.25, 0.3) is 11.8 Å². The lowest BCUT2D eigenvalue weighted by molar-refractivity contribution is -0.158. The molecule has 2 bridgehead atoms. The number of aromatic nitrogens is 2. The average Bonchev–Trinajstić information content (AvgIpc) is 1.77. The number of piperidine rings is 1. The van der Waals surface area contributed by atoms with Crippen LogP contribution in [0.4, 0.5) is 5.69 Å². The summed E-state index contributed by atoms with van der Waals surface area (Å²) in [6, 6.07) is 9.63. The van der Waals surface area contributed by atoms with E-state index < -0.39 is 143 Å².